The molecule has 0 amide bonds. The zero-order chi connectivity index (χ0) is 14.8. The van der Waals surface area contributed by atoms with Crippen LogP contribution in [-0.2, 0) is 0 Å². The van der Waals surface area contributed by atoms with Gasteiger partial charge in [0.2, 0.25) is 0 Å². The summed E-state index contributed by atoms with van der Waals surface area (Å²) in [6.45, 7) is 13.1. The maximum atomic E-state index is 3.59. The highest BCUT2D eigenvalue weighted by atomic mass is 15.2. The molecular formula is C18H38N2. The maximum absolute atomic E-state index is 3.59. The van der Waals surface area contributed by atoms with Gasteiger partial charge in [-0.05, 0) is 58.0 Å². The van der Waals surface area contributed by atoms with Crippen LogP contribution in [0, 0.1) is 5.92 Å². The van der Waals surface area contributed by atoms with Crippen molar-refractivity contribution < 1.29 is 0 Å². The van der Waals surface area contributed by atoms with E-state index in [4.69, 9.17) is 0 Å². The van der Waals surface area contributed by atoms with Crippen molar-refractivity contribution in [2.45, 2.75) is 91.1 Å². The minimum atomic E-state index is 0.694. The van der Waals surface area contributed by atoms with Crippen LogP contribution in [0.15, 0.2) is 0 Å². The number of hydrogen-bond donors (Lipinski definition) is 1. The Kier molecular flexibility index (Phi) is 9.54. The van der Waals surface area contributed by atoms with Crippen LogP contribution in [0.2, 0.25) is 0 Å². The molecule has 0 spiro atoms. The summed E-state index contributed by atoms with van der Waals surface area (Å²) in [4.78, 5) is 2.79. The maximum Gasteiger partial charge on any atom is 0.00953 e. The molecule has 1 rings (SSSR count). The average Bonchev–Trinajstić information content (AvgIpc) is 2.93. The number of nitrogens with one attached hydrogen (secondary N) is 1. The van der Waals surface area contributed by atoms with Crippen molar-refractivity contribution in [3.8, 4) is 0 Å². The van der Waals surface area contributed by atoms with Gasteiger partial charge in [-0.3, -0.25) is 0 Å². The van der Waals surface area contributed by atoms with Gasteiger partial charge in [0, 0.05) is 18.6 Å². The van der Waals surface area contributed by atoms with E-state index >= 15 is 0 Å². The van der Waals surface area contributed by atoms with Crippen molar-refractivity contribution >= 4 is 0 Å². The van der Waals surface area contributed by atoms with Gasteiger partial charge in [-0.15, -0.1) is 0 Å². The smallest absolute Gasteiger partial charge is 0.00953 e. The quantitative estimate of drug-likeness (QED) is 0.563. The zero-order valence-electron chi connectivity index (χ0n) is 14.5. The molecule has 2 nitrogen and oxygen atoms in total. The van der Waals surface area contributed by atoms with Crippen LogP contribution in [0.4, 0.5) is 0 Å². The molecule has 1 N–H and O–H groups in total. The lowest BCUT2D eigenvalue weighted by molar-refractivity contribution is 0.173. The van der Waals surface area contributed by atoms with E-state index in [1.165, 1.54) is 71.0 Å². The second-order valence-electron chi connectivity index (χ2n) is 7.18. The Morgan fingerprint density at radius 2 is 1.80 bits per heavy atom. The first-order chi connectivity index (χ1) is 9.63. The van der Waals surface area contributed by atoms with Crippen LogP contribution in [-0.4, -0.2) is 36.6 Å². The van der Waals surface area contributed by atoms with Crippen molar-refractivity contribution in [3.63, 3.8) is 0 Å². The number of hydrogen-bond acceptors (Lipinski definition) is 2. The van der Waals surface area contributed by atoms with Gasteiger partial charge >= 0.3 is 0 Å². The molecule has 1 fully saturated rings. The lowest BCUT2D eigenvalue weighted by Gasteiger charge is -2.30. The number of rotatable bonds is 11. The zero-order valence-corrected chi connectivity index (χ0v) is 14.5. The summed E-state index contributed by atoms with van der Waals surface area (Å²) in [6.07, 6.45) is 11.1. The van der Waals surface area contributed by atoms with Gasteiger partial charge < -0.3 is 10.2 Å². The summed E-state index contributed by atoms with van der Waals surface area (Å²) in [5.41, 5.74) is 0. The molecule has 20 heavy (non-hydrogen) atoms. The van der Waals surface area contributed by atoms with Crippen molar-refractivity contribution in [3.05, 3.63) is 0 Å². The molecule has 0 aromatic heterocycles. The van der Waals surface area contributed by atoms with Gasteiger partial charge in [0.1, 0.15) is 0 Å². The van der Waals surface area contributed by atoms with Gasteiger partial charge in [-0.25, -0.2) is 0 Å². The molecule has 120 valence electrons. The van der Waals surface area contributed by atoms with Gasteiger partial charge in [0.25, 0.3) is 0 Å². The van der Waals surface area contributed by atoms with Crippen molar-refractivity contribution in [1.82, 2.24) is 10.2 Å². The predicted molar refractivity (Wildman–Crippen MR) is 90.3 cm³/mol. The average molecular weight is 283 g/mol. The summed E-state index contributed by atoms with van der Waals surface area (Å²) in [7, 11) is 0. The first-order valence-corrected chi connectivity index (χ1v) is 9.11. The van der Waals surface area contributed by atoms with E-state index in [1.54, 1.807) is 0 Å². The van der Waals surface area contributed by atoms with E-state index in [9.17, 15) is 0 Å². The lowest BCUT2D eigenvalue weighted by atomic mass is 10.1. The van der Waals surface area contributed by atoms with Gasteiger partial charge in [-0.2, -0.15) is 0 Å². The Balaban J connectivity index is 2.17. The summed E-state index contributed by atoms with van der Waals surface area (Å²) in [6, 6.07) is 1.59. The SMILES string of the molecule is CCCNC(C)CCCCN(CC(C)C)C1CCCC1. The van der Waals surface area contributed by atoms with E-state index < -0.39 is 0 Å². The molecule has 1 atom stereocenters. The van der Waals surface area contributed by atoms with Crippen LogP contribution in [0.25, 0.3) is 0 Å². The minimum Gasteiger partial charge on any atom is -0.314 e. The van der Waals surface area contributed by atoms with E-state index in [0.29, 0.717) is 6.04 Å². The second-order valence-corrected chi connectivity index (χ2v) is 7.18. The second kappa shape index (κ2) is 10.6. The van der Waals surface area contributed by atoms with E-state index in [2.05, 4.69) is 37.9 Å². The van der Waals surface area contributed by atoms with Crippen LogP contribution in [0.3, 0.4) is 0 Å². The molecule has 0 aliphatic heterocycles. The van der Waals surface area contributed by atoms with Crippen molar-refractivity contribution in [2.24, 2.45) is 5.92 Å². The van der Waals surface area contributed by atoms with Crippen molar-refractivity contribution in [2.75, 3.05) is 19.6 Å². The van der Waals surface area contributed by atoms with E-state index in [-0.39, 0.29) is 0 Å². The molecule has 1 saturated carbocycles. The number of unbranched alkanes of at least 4 members (excludes halogenated alkanes) is 1. The molecule has 0 radical (unpaired) electrons. The molecule has 0 heterocycles. The van der Waals surface area contributed by atoms with Crippen LogP contribution >= 0.6 is 0 Å². The lowest BCUT2D eigenvalue weighted by Crippen LogP contribution is -2.37. The Hall–Kier alpha value is -0.0800. The summed E-state index contributed by atoms with van der Waals surface area (Å²) in [5, 5.41) is 3.59. The highest BCUT2D eigenvalue weighted by Gasteiger charge is 2.22. The molecule has 0 aromatic rings. The summed E-state index contributed by atoms with van der Waals surface area (Å²) in [5.74, 6) is 0.806. The van der Waals surface area contributed by atoms with E-state index in [0.717, 1.165) is 12.0 Å². The van der Waals surface area contributed by atoms with Gasteiger partial charge in [0.15, 0.2) is 0 Å². The fraction of sp³-hybridized carbons (Fsp3) is 1.00. The fourth-order valence-corrected chi connectivity index (χ4v) is 3.42. The third-order valence-corrected chi connectivity index (χ3v) is 4.52. The Bertz CT molecular complexity index is 221. The standard InChI is InChI=1S/C18H38N2/c1-5-13-19-17(4)10-8-9-14-20(15-16(2)3)18-11-6-7-12-18/h16-19H,5-15H2,1-4H3. The minimum absolute atomic E-state index is 0.694. The molecule has 1 aliphatic carbocycles. The molecule has 1 unspecified atom stereocenters. The Morgan fingerprint density at radius 1 is 1.10 bits per heavy atom. The topological polar surface area (TPSA) is 15.3 Å². The van der Waals surface area contributed by atoms with Crippen LogP contribution in [0.1, 0.15) is 79.1 Å². The molecule has 2 heteroatoms. The van der Waals surface area contributed by atoms with Crippen LogP contribution in [0.5, 0.6) is 0 Å². The first-order valence-electron chi connectivity index (χ1n) is 9.11. The highest BCUT2D eigenvalue weighted by molar-refractivity contribution is 4.78. The Morgan fingerprint density at radius 3 is 2.40 bits per heavy atom. The van der Waals surface area contributed by atoms with E-state index in [1.807, 2.05) is 0 Å². The normalized spacial score (nSPS) is 18.3. The first kappa shape index (κ1) is 18.0. The number of nitrogens with zero attached hydrogens (tertiary/aromatic N) is 1. The van der Waals surface area contributed by atoms with Gasteiger partial charge in [0.05, 0.1) is 0 Å². The largest absolute Gasteiger partial charge is 0.314 e. The molecule has 0 saturated heterocycles. The van der Waals surface area contributed by atoms with Crippen molar-refractivity contribution in [1.29, 1.82) is 0 Å². The third-order valence-electron chi connectivity index (χ3n) is 4.52. The summed E-state index contributed by atoms with van der Waals surface area (Å²) < 4.78 is 0. The van der Waals surface area contributed by atoms with Crippen LogP contribution < -0.4 is 5.32 Å². The predicted octanol–water partition coefficient (Wildman–Crippen LogP) is 4.45. The molecule has 0 bridgehead atoms. The highest BCUT2D eigenvalue weighted by Crippen LogP contribution is 2.24. The molecule has 1 aliphatic rings. The monoisotopic (exact) mass is 282 g/mol. The molecular weight excluding hydrogens is 244 g/mol. The Labute approximate surface area is 127 Å². The third kappa shape index (κ3) is 7.64. The molecule has 0 aromatic carbocycles. The summed E-state index contributed by atoms with van der Waals surface area (Å²) >= 11 is 0. The fourth-order valence-electron chi connectivity index (χ4n) is 3.42. The van der Waals surface area contributed by atoms with Gasteiger partial charge in [-0.1, -0.05) is 40.0 Å².